The molecule has 0 radical (unpaired) electrons. The summed E-state index contributed by atoms with van der Waals surface area (Å²) in [6.07, 6.45) is 5.70. The maximum Gasteiger partial charge on any atom is 0.123 e. The van der Waals surface area contributed by atoms with Gasteiger partial charge in [-0.1, -0.05) is 97.2 Å². The van der Waals surface area contributed by atoms with Crippen molar-refractivity contribution in [2.45, 2.75) is 61.8 Å². The van der Waals surface area contributed by atoms with Crippen molar-refractivity contribution in [2.24, 2.45) is 5.92 Å². The highest BCUT2D eigenvalue weighted by atomic mass is 19.1. The van der Waals surface area contributed by atoms with Crippen molar-refractivity contribution in [2.75, 3.05) is 0 Å². The largest absolute Gasteiger partial charge is 0.207 e. The van der Waals surface area contributed by atoms with Gasteiger partial charge in [-0.3, -0.25) is 0 Å². The number of hydrogen-bond donors (Lipinski definition) is 0. The molecule has 3 rings (SSSR count). The van der Waals surface area contributed by atoms with Gasteiger partial charge in [0.15, 0.2) is 0 Å². The molecular formula is C26H37F. The molecule has 1 atom stereocenters. The monoisotopic (exact) mass is 368 g/mol. The third-order valence-electron chi connectivity index (χ3n) is 4.27. The maximum absolute atomic E-state index is 12.1. The zero-order valence-corrected chi connectivity index (χ0v) is 18.4. The molecule has 0 spiro atoms. The van der Waals surface area contributed by atoms with Crippen molar-refractivity contribution in [1.82, 2.24) is 0 Å². The highest BCUT2D eigenvalue weighted by Gasteiger charge is 2.07. The van der Waals surface area contributed by atoms with Gasteiger partial charge < -0.3 is 0 Å². The molecule has 27 heavy (non-hydrogen) atoms. The molecule has 1 aliphatic carbocycles. The first kappa shape index (κ1) is 24.8. The summed E-state index contributed by atoms with van der Waals surface area (Å²) < 4.78 is 12.1. The van der Waals surface area contributed by atoms with E-state index < -0.39 is 0 Å². The van der Waals surface area contributed by atoms with Crippen LogP contribution < -0.4 is 0 Å². The van der Waals surface area contributed by atoms with Crippen molar-refractivity contribution < 1.29 is 4.39 Å². The van der Waals surface area contributed by atoms with Crippen molar-refractivity contribution in [3.05, 3.63) is 94.3 Å². The molecule has 0 heterocycles. The smallest absolute Gasteiger partial charge is 0.123 e. The van der Waals surface area contributed by atoms with Crippen LogP contribution in [0.5, 0.6) is 0 Å². The highest BCUT2D eigenvalue weighted by molar-refractivity contribution is 5.23. The Morgan fingerprint density at radius 1 is 0.667 bits per heavy atom. The molecule has 2 aromatic carbocycles. The fourth-order valence-electron chi connectivity index (χ4n) is 2.32. The predicted octanol–water partition coefficient (Wildman–Crippen LogP) is 8.38. The van der Waals surface area contributed by atoms with Crippen LogP contribution >= 0.6 is 0 Å². The topological polar surface area (TPSA) is 0 Å². The normalized spacial score (nSPS) is 14.8. The summed E-state index contributed by atoms with van der Waals surface area (Å²) in [6.45, 7) is 16.8. The number of halogens is 1. The Balaban J connectivity index is 0.000000359. The first-order chi connectivity index (χ1) is 12.8. The molecule has 0 bridgehead atoms. The van der Waals surface area contributed by atoms with Crippen molar-refractivity contribution in [1.29, 1.82) is 0 Å². The standard InChI is InChI=1S/C9H14.C8H10.C7H7F.C2H6/c1-7-4-5-8(2)9(3)6-7;1-7-3-5-8(2)6-4-7;1-6-2-4-7(8)5-3-6;1-2/h4-5,9H,6H2,1-3H3;3-6H,1-2H3;2-5H,1H3;1-2H3. The number of aryl methyl sites for hydroxylation is 3. The summed E-state index contributed by atoms with van der Waals surface area (Å²) >= 11 is 0. The predicted molar refractivity (Wildman–Crippen MR) is 120 cm³/mol. The average molecular weight is 369 g/mol. The minimum Gasteiger partial charge on any atom is -0.207 e. The lowest BCUT2D eigenvalue weighted by Crippen LogP contribution is -2.00. The van der Waals surface area contributed by atoms with E-state index >= 15 is 0 Å². The van der Waals surface area contributed by atoms with E-state index in [2.05, 4.69) is 71.0 Å². The van der Waals surface area contributed by atoms with Crippen LogP contribution in [0.3, 0.4) is 0 Å². The van der Waals surface area contributed by atoms with E-state index in [1.165, 1.54) is 40.8 Å². The number of rotatable bonds is 0. The molecule has 0 fully saturated rings. The van der Waals surface area contributed by atoms with Crippen molar-refractivity contribution in [3.8, 4) is 0 Å². The Hall–Kier alpha value is -2.15. The first-order valence-corrected chi connectivity index (χ1v) is 9.87. The summed E-state index contributed by atoms with van der Waals surface area (Å²) in [5.41, 5.74) is 6.77. The molecule has 0 aromatic heterocycles. The van der Waals surface area contributed by atoms with Gasteiger partial charge in [0.1, 0.15) is 5.82 Å². The zero-order chi connectivity index (χ0) is 20.8. The van der Waals surface area contributed by atoms with Gasteiger partial charge in [0.25, 0.3) is 0 Å². The fourth-order valence-corrected chi connectivity index (χ4v) is 2.32. The number of allylic oxidation sites excluding steroid dienone is 4. The van der Waals surface area contributed by atoms with Gasteiger partial charge >= 0.3 is 0 Å². The van der Waals surface area contributed by atoms with Crippen molar-refractivity contribution >= 4 is 0 Å². The van der Waals surface area contributed by atoms with Crippen LogP contribution in [-0.4, -0.2) is 0 Å². The van der Waals surface area contributed by atoms with E-state index in [1.807, 2.05) is 20.8 Å². The molecular weight excluding hydrogens is 331 g/mol. The summed E-state index contributed by atoms with van der Waals surface area (Å²) in [7, 11) is 0. The SMILES string of the molecule is CC.CC1=CC=C(C)C(C)C1.Cc1ccc(C)cc1.Cc1ccc(F)cc1. The lowest BCUT2D eigenvalue weighted by atomic mass is 9.90. The Labute approximate surface area is 166 Å². The van der Waals surface area contributed by atoms with Crippen LogP contribution in [0.15, 0.2) is 71.8 Å². The van der Waals surface area contributed by atoms with E-state index in [9.17, 15) is 4.39 Å². The van der Waals surface area contributed by atoms with Crippen molar-refractivity contribution in [3.63, 3.8) is 0 Å². The molecule has 1 unspecified atom stereocenters. The quantitative estimate of drug-likeness (QED) is 0.438. The van der Waals surface area contributed by atoms with Gasteiger partial charge in [-0.05, 0) is 59.1 Å². The Morgan fingerprint density at radius 3 is 1.33 bits per heavy atom. The van der Waals surface area contributed by atoms with Gasteiger partial charge in [-0.2, -0.15) is 0 Å². The zero-order valence-electron chi connectivity index (χ0n) is 18.4. The second kappa shape index (κ2) is 14.0. The van der Waals surface area contributed by atoms with Crippen LogP contribution in [0.1, 0.15) is 57.7 Å². The second-order valence-electron chi connectivity index (χ2n) is 6.98. The molecule has 0 N–H and O–H groups in total. The third-order valence-corrected chi connectivity index (χ3v) is 4.27. The average Bonchev–Trinajstić information content (AvgIpc) is 2.66. The fraction of sp³-hybridized carbons (Fsp3) is 0.385. The summed E-state index contributed by atoms with van der Waals surface area (Å²) in [4.78, 5) is 0. The maximum atomic E-state index is 12.1. The second-order valence-corrected chi connectivity index (χ2v) is 6.98. The Morgan fingerprint density at radius 2 is 1.04 bits per heavy atom. The summed E-state index contributed by atoms with van der Waals surface area (Å²) in [6, 6.07) is 14.9. The lowest BCUT2D eigenvalue weighted by molar-refractivity contribution is 0.627. The summed E-state index contributed by atoms with van der Waals surface area (Å²) in [5, 5.41) is 0. The Kier molecular flexibility index (Phi) is 12.9. The molecule has 0 amide bonds. The number of hydrogen-bond acceptors (Lipinski definition) is 0. The molecule has 1 aliphatic rings. The molecule has 0 saturated heterocycles. The molecule has 148 valence electrons. The summed E-state index contributed by atoms with van der Waals surface area (Å²) in [5.74, 6) is 0.602. The van der Waals surface area contributed by atoms with E-state index in [0.29, 0.717) is 0 Å². The van der Waals surface area contributed by atoms with Gasteiger partial charge in [-0.25, -0.2) is 4.39 Å². The van der Waals surface area contributed by atoms with Crippen LogP contribution in [0.2, 0.25) is 0 Å². The van der Waals surface area contributed by atoms with E-state index in [0.717, 1.165) is 11.5 Å². The molecule has 1 heteroatoms. The van der Waals surface area contributed by atoms with Gasteiger partial charge in [0, 0.05) is 0 Å². The Bertz CT molecular complexity index is 602. The van der Waals surface area contributed by atoms with Gasteiger partial charge in [0.05, 0.1) is 0 Å². The van der Waals surface area contributed by atoms with E-state index in [4.69, 9.17) is 0 Å². The van der Waals surface area contributed by atoms with Crippen LogP contribution in [-0.2, 0) is 0 Å². The minimum absolute atomic E-state index is 0.171. The molecule has 0 nitrogen and oxygen atoms in total. The van der Waals surface area contributed by atoms with E-state index in [1.54, 1.807) is 12.1 Å². The minimum atomic E-state index is -0.171. The number of benzene rings is 2. The lowest BCUT2D eigenvalue weighted by Gasteiger charge is -2.15. The van der Waals surface area contributed by atoms with Crippen LogP contribution in [0, 0.1) is 32.5 Å². The van der Waals surface area contributed by atoms with Crippen LogP contribution in [0.25, 0.3) is 0 Å². The van der Waals surface area contributed by atoms with E-state index in [-0.39, 0.29) is 5.82 Å². The third kappa shape index (κ3) is 12.0. The van der Waals surface area contributed by atoms with Gasteiger partial charge in [-0.15, -0.1) is 0 Å². The van der Waals surface area contributed by atoms with Gasteiger partial charge in [0.2, 0.25) is 0 Å². The molecule has 0 saturated carbocycles. The first-order valence-electron chi connectivity index (χ1n) is 9.87. The molecule has 0 aliphatic heterocycles. The highest BCUT2D eigenvalue weighted by Crippen LogP contribution is 2.23. The molecule has 2 aromatic rings. The van der Waals surface area contributed by atoms with Crippen LogP contribution in [0.4, 0.5) is 4.39 Å².